The molecule has 0 fully saturated rings. The van der Waals surface area contributed by atoms with Gasteiger partial charge in [0.1, 0.15) is 6.04 Å². The molecule has 0 spiro atoms. The van der Waals surface area contributed by atoms with Crippen molar-refractivity contribution in [2.24, 2.45) is 11.5 Å². The van der Waals surface area contributed by atoms with Gasteiger partial charge in [0.05, 0.1) is 6.04 Å². The fourth-order valence-electron chi connectivity index (χ4n) is 1.40. The number of benzene rings is 1. The van der Waals surface area contributed by atoms with Crippen LogP contribution in [0.5, 0.6) is 0 Å². The minimum Gasteiger partial charge on any atom is -0.480 e. The predicted molar refractivity (Wildman–Crippen MR) is 70.0 cm³/mol. The Morgan fingerprint density at radius 1 is 1.24 bits per heavy atom. The fraction of sp³-hybridized carbons (Fsp3) is 0.417. The number of nitrogens with two attached hydrogens (primary N) is 2. The Labute approximate surface area is 105 Å². The molecule has 0 radical (unpaired) electrons. The maximum atomic E-state index is 10.7. The third-order valence-corrected chi connectivity index (χ3v) is 3.32. The SMILES string of the molecule is CC(C)Sc1ccc(C(N)C(N)C(=O)O)cc1. The van der Waals surface area contributed by atoms with Crippen molar-refractivity contribution in [3.8, 4) is 0 Å². The van der Waals surface area contributed by atoms with Gasteiger partial charge in [0.25, 0.3) is 0 Å². The molecule has 5 heteroatoms. The fourth-order valence-corrected chi connectivity index (χ4v) is 2.24. The summed E-state index contributed by atoms with van der Waals surface area (Å²) in [6, 6.07) is 5.79. The number of aliphatic carboxylic acids is 1. The summed E-state index contributed by atoms with van der Waals surface area (Å²) in [4.78, 5) is 11.9. The van der Waals surface area contributed by atoms with E-state index in [4.69, 9.17) is 16.6 Å². The van der Waals surface area contributed by atoms with Gasteiger partial charge >= 0.3 is 5.97 Å². The van der Waals surface area contributed by atoms with Crippen molar-refractivity contribution in [3.63, 3.8) is 0 Å². The van der Waals surface area contributed by atoms with Gasteiger partial charge in [-0.15, -0.1) is 11.8 Å². The molecule has 0 aliphatic rings. The summed E-state index contributed by atoms with van der Waals surface area (Å²) in [5, 5.41) is 9.29. The van der Waals surface area contributed by atoms with Gasteiger partial charge in [0.2, 0.25) is 0 Å². The predicted octanol–water partition coefficient (Wildman–Crippen LogP) is 1.60. The van der Waals surface area contributed by atoms with Crippen molar-refractivity contribution in [1.29, 1.82) is 0 Å². The third-order valence-electron chi connectivity index (χ3n) is 2.31. The molecule has 0 aromatic heterocycles. The lowest BCUT2D eigenvalue weighted by Crippen LogP contribution is -2.40. The van der Waals surface area contributed by atoms with E-state index in [0.29, 0.717) is 5.25 Å². The molecule has 0 heterocycles. The van der Waals surface area contributed by atoms with E-state index in [1.807, 2.05) is 24.3 Å². The van der Waals surface area contributed by atoms with Crippen LogP contribution in [0.25, 0.3) is 0 Å². The Hall–Kier alpha value is -1.04. The van der Waals surface area contributed by atoms with E-state index in [-0.39, 0.29) is 0 Å². The van der Waals surface area contributed by atoms with Gasteiger partial charge in [-0.2, -0.15) is 0 Å². The summed E-state index contributed by atoms with van der Waals surface area (Å²) in [5.41, 5.74) is 12.0. The molecule has 17 heavy (non-hydrogen) atoms. The molecule has 0 aliphatic carbocycles. The standard InChI is InChI=1S/C12H18N2O2S/c1-7(2)17-9-5-3-8(4-6-9)10(13)11(14)12(15)16/h3-7,10-11H,13-14H2,1-2H3,(H,15,16). The first-order valence-electron chi connectivity index (χ1n) is 5.42. The second-order valence-electron chi connectivity index (χ2n) is 4.13. The highest BCUT2D eigenvalue weighted by Crippen LogP contribution is 2.24. The van der Waals surface area contributed by atoms with E-state index in [1.165, 1.54) is 0 Å². The van der Waals surface area contributed by atoms with Gasteiger partial charge in [0, 0.05) is 10.1 Å². The number of rotatable bonds is 5. The van der Waals surface area contributed by atoms with Gasteiger partial charge in [-0.1, -0.05) is 26.0 Å². The minimum absolute atomic E-state index is 0.510. The highest BCUT2D eigenvalue weighted by molar-refractivity contribution is 7.99. The van der Waals surface area contributed by atoms with Crippen LogP contribution in [0.1, 0.15) is 25.5 Å². The van der Waals surface area contributed by atoms with Gasteiger partial charge in [-0.25, -0.2) is 0 Å². The number of carbonyl (C=O) groups is 1. The zero-order chi connectivity index (χ0) is 13.0. The van der Waals surface area contributed by atoms with Crippen molar-refractivity contribution in [1.82, 2.24) is 0 Å². The molecule has 4 nitrogen and oxygen atoms in total. The van der Waals surface area contributed by atoms with E-state index in [0.717, 1.165) is 10.5 Å². The first-order chi connectivity index (χ1) is 7.91. The highest BCUT2D eigenvalue weighted by Gasteiger charge is 2.21. The molecule has 2 unspecified atom stereocenters. The molecular formula is C12H18N2O2S. The summed E-state index contributed by atoms with van der Waals surface area (Å²) < 4.78 is 0. The van der Waals surface area contributed by atoms with Crippen molar-refractivity contribution in [3.05, 3.63) is 29.8 Å². The van der Waals surface area contributed by atoms with Crippen LogP contribution in [0, 0.1) is 0 Å². The molecule has 94 valence electrons. The monoisotopic (exact) mass is 254 g/mol. The molecule has 0 saturated heterocycles. The quantitative estimate of drug-likeness (QED) is 0.694. The number of carboxylic acid groups (broad SMARTS) is 1. The van der Waals surface area contributed by atoms with Crippen LogP contribution in [-0.4, -0.2) is 22.4 Å². The van der Waals surface area contributed by atoms with E-state index >= 15 is 0 Å². The molecular weight excluding hydrogens is 236 g/mol. The Morgan fingerprint density at radius 2 is 1.76 bits per heavy atom. The zero-order valence-electron chi connectivity index (χ0n) is 9.96. The Kier molecular flexibility index (Phi) is 4.99. The van der Waals surface area contributed by atoms with Crippen LogP contribution in [0.4, 0.5) is 0 Å². The lowest BCUT2D eigenvalue weighted by Gasteiger charge is -2.16. The smallest absolute Gasteiger partial charge is 0.322 e. The lowest BCUT2D eigenvalue weighted by molar-refractivity contribution is -0.139. The van der Waals surface area contributed by atoms with Crippen LogP contribution in [-0.2, 0) is 4.79 Å². The molecule has 1 rings (SSSR count). The summed E-state index contributed by atoms with van der Waals surface area (Å²) in [6.07, 6.45) is 0. The number of hydrogen-bond donors (Lipinski definition) is 3. The van der Waals surface area contributed by atoms with E-state index in [2.05, 4.69) is 13.8 Å². The van der Waals surface area contributed by atoms with Crippen molar-refractivity contribution < 1.29 is 9.90 Å². The average Bonchev–Trinajstić information content (AvgIpc) is 2.27. The van der Waals surface area contributed by atoms with Crippen LogP contribution in [0.3, 0.4) is 0 Å². The number of carboxylic acids is 1. The minimum atomic E-state index is -1.09. The molecule has 0 amide bonds. The molecule has 2 atom stereocenters. The second kappa shape index (κ2) is 6.05. The van der Waals surface area contributed by atoms with Crippen molar-refractivity contribution in [2.45, 2.75) is 36.1 Å². The van der Waals surface area contributed by atoms with Gasteiger partial charge in [0.15, 0.2) is 0 Å². The normalized spacial score (nSPS) is 14.6. The van der Waals surface area contributed by atoms with E-state index in [1.54, 1.807) is 11.8 Å². The first kappa shape index (κ1) is 14.0. The van der Waals surface area contributed by atoms with Crippen LogP contribution < -0.4 is 11.5 Å². The maximum Gasteiger partial charge on any atom is 0.322 e. The maximum absolute atomic E-state index is 10.7. The van der Waals surface area contributed by atoms with Crippen LogP contribution in [0.15, 0.2) is 29.2 Å². The van der Waals surface area contributed by atoms with E-state index < -0.39 is 18.1 Å². The number of thioether (sulfide) groups is 1. The third kappa shape index (κ3) is 4.03. The second-order valence-corrected chi connectivity index (χ2v) is 5.78. The average molecular weight is 254 g/mol. The Bertz CT molecular complexity index is 379. The molecule has 0 bridgehead atoms. The summed E-state index contributed by atoms with van der Waals surface area (Å²) in [5.74, 6) is -1.09. The van der Waals surface area contributed by atoms with Crippen molar-refractivity contribution in [2.75, 3.05) is 0 Å². The molecule has 0 saturated carbocycles. The topological polar surface area (TPSA) is 89.3 Å². The van der Waals surface area contributed by atoms with Crippen molar-refractivity contribution >= 4 is 17.7 Å². The zero-order valence-corrected chi connectivity index (χ0v) is 10.8. The lowest BCUT2D eigenvalue weighted by atomic mass is 10.0. The summed E-state index contributed by atoms with van der Waals surface area (Å²) >= 11 is 1.75. The van der Waals surface area contributed by atoms with Crippen LogP contribution >= 0.6 is 11.8 Å². The molecule has 1 aromatic rings. The summed E-state index contributed by atoms with van der Waals surface area (Å²) in [7, 11) is 0. The van der Waals surface area contributed by atoms with Crippen LogP contribution in [0.2, 0.25) is 0 Å². The highest BCUT2D eigenvalue weighted by atomic mass is 32.2. The Balaban J connectivity index is 2.76. The van der Waals surface area contributed by atoms with E-state index in [9.17, 15) is 4.79 Å². The first-order valence-corrected chi connectivity index (χ1v) is 6.30. The molecule has 1 aromatic carbocycles. The Morgan fingerprint density at radius 3 is 2.18 bits per heavy atom. The molecule has 5 N–H and O–H groups in total. The van der Waals surface area contributed by atoms with Gasteiger partial charge in [-0.05, 0) is 17.7 Å². The molecule has 0 aliphatic heterocycles. The van der Waals surface area contributed by atoms with Gasteiger partial charge < -0.3 is 16.6 Å². The number of hydrogen-bond acceptors (Lipinski definition) is 4. The van der Waals surface area contributed by atoms with Gasteiger partial charge in [-0.3, -0.25) is 4.79 Å². The largest absolute Gasteiger partial charge is 0.480 e. The summed E-state index contributed by atoms with van der Waals surface area (Å²) in [6.45, 7) is 4.23.